The van der Waals surface area contributed by atoms with Crippen LogP contribution in [0.3, 0.4) is 0 Å². The normalized spacial score (nSPS) is 12.4. The molecule has 0 aliphatic carbocycles. The topological polar surface area (TPSA) is 92.2 Å². The van der Waals surface area contributed by atoms with E-state index in [0.717, 1.165) is 17.5 Å². The van der Waals surface area contributed by atoms with Crippen LogP contribution in [0, 0.1) is 6.92 Å². The molecule has 2 heterocycles. The Morgan fingerprint density at radius 3 is 2.82 bits per heavy atom. The van der Waals surface area contributed by atoms with E-state index in [4.69, 9.17) is 0 Å². The molecule has 2 N–H and O–H groups in total. The highest BCUT2D eigenvalue weighted by Crippen LogP contribution is 2.23. The highest BCUT2D eigenvalue weighted by molar-refractivity contribution is 5.98. The minimum Gasteiger partial charge on any atom is -0.350 e. The van der Waals surface area contributed by atoms with Crippen LogP contribution in [0.15, 0.2) is 47.3 Å². The number of rotatable bonds is 4. The number of nitrogens with zero attached hydrogens (tertiary/aromatic N) is 3. The van der Waals surface area contributed by atoms with Gasteiger partial charge in [-0.25, -0.2) is 9.73 Å². The van der Waals surface area contributed by atoms with Crippen LogP contribution < -0.4 is 10.9 Å². The van der Waals surface area contributed by atoms with Crippen LogP contribution in [0.4, 0.5) is 0 Å². The Balaban J connectivity index is 1.90. The highest BCUT2D eigenvalue weighted by atomic mass is 16.1. The van der Waals surface area contributed by atoms with Gasteiger partial charge < -0.3 is 5.32 Å². The summed E-state index contributed by atoms with van der Waals surface area (Å²) in [5.74, 6) is -0.173. The molecule has 0 saturated carbocycles. The van der Waals surface area contributed by atoms with Crippen molar-refractivity contribution in [1.82, 2.24) is 25.1 Å². The molecule has 28 heavy (non-hydrogen) atoms. The first-order valence-corrected chi connectivity index (χ1v) is 9.26. The minimum absolute atomic E-state index is 0.0726. The fourth-order valence-electron chi connectivity index (χ4n) is 3.16. The maximum absolute atomic E-state index is 12.6. The zero-order valence-electron chi connectivity index (χ0n) is 16.0. The van der Waals surface area contributed by atoms with Gasteiger partial charge in [0.1, 0.15) is 5.69 Å². The van der Waals surface area contributed by atoms with E-state index in [2.05, 4.69) is 20.6 Å². The van der Waals surface area contributed by atoms with Gasteiger partial charge in [-0.1, -0.05) is 30.7 Å². The van der Waals surface area contributed by atoms with Gasteiger partial charge in [-0.05, 0) is 44.5 Å². The molecular formula is C21H21N5O2. The van der Waals surface area contributed by atoms with Gasteiger partial charge in [-0.3, -0.25) is 9.59 Å². The van der Waals surface area contributed by atoms with E-state index in [1.807, 2.05) is 45.0 Å². The second-order valence-corrected chi connectivity index (χ2v) is 7.02. The molecule has 2 aromatic carbocycles. The van der Waals surface area contributed by atoms with E-state index >= 15 is 0 Å². The van der Waals surface area contributed by atoms with Gasteiger partial charge in [0.25, 0.3) is 11.5 Å². The van der Waals surface area contributed by atoms with Crippen molar-refractivity contribution >= 4 is 22.5 Å². The molecule has 1 amide bonds. The minimum atomic E-state index is -0.348. The van der Waals surface area contributed by atoms with Crippen LogP contribution in [0.2, 0.25) is 0 Å². The zero-order chi connectivity index (χ0) is 19.8. The average Bonchev–Trinajstić information content (AvgIpc) is 3.11. The Hall–Kier alpha value is -3.48. The fraction of sp³-hybridized carbons (Fsp3) is 0.238. The van der Waals surface area contributed by atoms with Crippen molar-refractivity contribution in [2.24, 2.45) is 0 Å². The van der Waals surface area contributed by atoms with Gasteiger partial charge in [0.2, 0.25) is 0 Å². The van der Waals surface area contributed by atoms with Crippen molar-refractivity contribution in [3.63, 3.8) is 0 Å². The lowest BCUT2D eigenvalue weighted by molar-refractivity contribution is 0.0939. The first-order valence-electron chi connectivity index (χ1n) is 9.26. The van der Waals surface area contributed by atoms with Gasteiger partial charge in [0.05, 0.1) is 10.9 Å². The molecule has 4 rings (SSSR count). The number of aromatic amines is 1. The molecule has 0 fully saturated rings. The van der Waals surface area contributed by atoms with Crippen molar-refractivity contribution < 1.29 is 4.79 Å². The van der Waals surface area contributed by atoms with Crippen LogP contribution in [-0.4, -0.2) is 31.8 Å². The summed E-state index contributed by atoms with van der Waals surface area (Å²) in [4.78, 5) is 29.3. The number of hydrogen-bond acceptors (Lipinski definition) is 4. The third kappa shape index (κ3) is 3.05. The summed E-state index contributed by atoms with van der Waals surface area (Å²) in [5, 5.41) is 10.7. The van der Waals surface area contributed by atoms with E-state index in [1.54, 1.807) is 22.7 Å². The summed E-state index contributed by atoms with van der Waals surface area (Å²) in [6, 6.07) is 12.9. The van der Waals surface area contributed by atoms with Crippen LogP contribution in [-0.2, 0) is 0 Å². The molecule has 0 aliphatic heterocycles. The number of aryl methyl sites for hydroxylation is 1. The zero-order valence-corrected chi connectivity index (χ0v) is 16.0. The Kier molecular flexibility index (Phi) is 4.43. The number of aromatic nitrogens is 4. The Morgan fingerprint density at radius 2 is 2.07 bits per heavy atom. The predicted molar refractivity (Wildman–Crippen MR) is 109 cm³/mol. The van der Waals surface area contributed by atoms with Crippen LogP contribution in [0.5, 0.6) is 0 Å². The number of nitrogens with one attached hydrogen (secondary N) is 2. The number of H-pyrrole nitrogens is 1. The van der Waals surface area contributed by atoms with E-state index in [1.165, 1.54) is 0 Å². The number of hydrogen-bond donors (Lipinski definition) is 2. The largest absolute Gasteiger partial charge is 0.350 e. The highest BCUT2D eigenvalue weighted by Gasteiger charge is 2.16. The molecule has 0 saturated heterocycles. The summed E-state index contributed by atoms with van der Waals surface area (Å²) in [6.07, 6.45) is 0.841. The summed E-state index contributed by atoms with van der Waals surface area (Å²) in [5.41, 5.74) is 3.69. The molecule has 142 valence electrons. The second-order valence-electron chi connectivity index (χ2n) is 7.02. The fourth-order valence-corrected chi connectivity index (χ4v) is 3.16. The van der Waals surface area contributed by atoms with Gasteiger partial charge in [0.15, 0.2) is 5.65 Å². The van der Waals surface area contributed by atoms with E-state index in [0.29, 0.717) is 27.8 Å². The summed E-state index contributed by atoms with van der Waals surface area (Å²) in [7, 11) is 0. The molecule has 7 heteroatoms. The summed E-state index contributed by atoms with van der Waals surface area (Å²) < 4.78 is 1.65. The quantitative estimate of drug-likeness (QED) is 0.573. The van der Waals surface area contributed by atoms with Crippen molar-refractivity contribution in [1.29, 1.82) is 0 Å². The van der Waals surface area contributed by atoms with Crippen molar-refractivity contribution in [3.8, 4) is 11.3 Å². The van der Waals surface area contributed by atoms with Crippen LogP contribution in [0.25, 0.3) is 27.8 Å². The Morgan fingerprint density at radius 1 is 1.25 bits per heavy atom. The van der Waals surface area contributed by atoms with Gasteiger partial charge >= 0.3 is 0 Å². The van der Waals surface area contributed by atoms with Gasteiger partial charge in [-0.2, -0.15) is 10.1 Å². The van der Waals surface area contributed by atoms with Crippen molar-refractivity contribution in [3.05, 3.63) is 63.9 Å². The molecule has 1 atom stereocenters. The smallest absolute Gasteiger partial charge is 0.281 e. The number of carbonyl (C=O) groups excluding carboxylic acids is 1. The Bertz CT molecular complexity index is 1250. The first kappa shape index (κ1) is 17.9. The SMILES string of the molecule is CCC(C)NC(=O)c1ccc2c(=O)nc3c(-c4cccc(C)c4)n[nH]n3c2c1. The molecule has 7 nitrogen and oxygen atoms in total. The standard InChI is InChI=1S/C21H21N5O2/c1-4-13(3)22-20(27)15-8-9-16-17(11-15)26-19(23-21(16)28)18(24-25-26)14-7-5-6-12(2)10-14/h5-11,13,25H,4H2,1-3H3,(H,22,27). The number of fused-ring (bicyclic) bond motifs is 3. The number of carbonyl (C=O) groups is 1. The third-order valence-corrected chi connectivity index (χ3v) is 4.91. The maximum atomic E-state index is 12.6. The lowest BCUT2D eigenvalue weighted by atomic mass is 10.1. The molecule has 0 spiro atoms. The molecule has 0 radical (unpaired) electrons. The molecule has 2 aromatic heterocycles. The van der Waals surface area contributed by atoms with Crippen molar-refractivity contribution in [2.75, 3.05) is 0 Å². The average molecular weight is 375 g/mol. The maximum Gasteiger partial charge on any atom is 0.281 e. The van der Waals surface area contributed by atoms with E-state index < -0.39 is 0 Å². The van der Waals surface area contributed by atoms with E-state index in [-0.39, 0.29) is 17.5 Å². The van der Waals surface area contributed by atoms with Gasteiger partial charge in [0, 0.05) is 17.2 Å². The summed E-state index contributed by atoms with van der Waals surface area (Å²) >= 11 is 0. The Labute approximate surface area is 161 Å². The first-order chi connectivity index (χ1) is 13.5. The second kappa shape index (κ2) is 6.92. The number of benzene rings is 2. The molecular weight excluding hydrogens is 354 g/mol. The predicted octanol–water partition coefficient (Wildman–Crippen LogP) is 3.07. The molecule has 1 unspecified atom stereocenters. The van der Waals surface area contributed by atoms with Crippen LogP contribution in [0.1, 0.15) is 36.2 Å². The molecule has 4 aromatic rings. The monoisotopic (exact) mass is 375 g/mol. The number of amides is 1. The van der Waals surface area contributed by atoms with E-state index in [9.17, 15) is 9.59 Å². The molecule has 0 aliphatic rings. The lowest BCUT2D eigenvalue weighted by Gasteiger charge is -2.11. The summed E-state index contributed by atoms with van der Waals surface area (Å²) in [6.45, 7) is 5.96. The van der Waals surface area contributed by atoms with Crippen molar-refractivity contribution in [2.45, 2.75) is 33.2 Å². The lowest BCUT2D eigenvalue weighted by Crippen LogP contribution is -2.31. The van der Waals surface area contributed by atoms with Crippen LogP contribution >= 0.6 is 0 Å². The van der Waals surface area contributed by atoms with Gasteiger partial charge in [-0.15, -0.1) is 0 Å². The molecule has 0 bridgehead atoms. The third-order valence-electron chi connectivity index (χ3n) is 4.91.